The molecule has 0 aromatic heterocycles. The van der Waals surface area contributed by atoms with E-state index in [1.165, 1.54) is 0 Å². The number of hydrogen-bond acceptors (Lipinski definition) is 1. The highest BCUT2D eigenvalue weighted by Gasteiger charge is 2.11. The molecule has 0 saturated heterocycles. The lowest BCUT2D eigenvalue weighted by Crippen LogP contribution is -1.91. The van der Waals surface area contributed by atoms with Crippen LogP contribution in [-0.4, -0.2) is 5.11 Å². The Morgan fingerprint density at radius 1 is 0.609 bits per heavy atom. The first-order valence-electron chi connectivity index (χ1n) is 7.03. The van der Waals surface area contributed by atoms with Crippen LogP contribution >= 0.6 is 0 Å². The molecule has 0 spiro atoms. The summed E-state index contributed by atoms with van der Waals surface area (Å²) in [4.78, 5) is 0. The van der Waals surface area contributed by atoms with Gasteiger partial charge in [0.05, 0.1) is 6.61 Å². The van der Waals surface area contributed by atoms with E-state index >= 15 is 0 Å². The van der Waals surface area contributed by atoms with E-state index in [1.54, 1.807) is 12.1 Å². The second-order valence-corrected chi connectivity index (χ2v) is 5.19. The van der Waals surface area contributed by atoms with Gasteiger partial charge >= 0.3 is 0 Å². The molecule has 0 bridgehead atoms. The zero-order chi connectivity index (χ0) is 16.4. The summed E-state index contributed by atoms with van der Waals surface area (Å²) >= 11 is 0. The fraction of sp³-hybridized carbons (Fsp3) is 0.0526. The molecule has 0 unspecified atom stereocenters. The van der Waals surface area contributed by atoms with Crippen molar-refractivity contribution >= 4 is 0 Å². The van der Waals surface area contributed by atoms with Gasteiger partial charge in [-0.2, -0.15) is 0 Å². The van der Waals surface area contributed by atoms with Crippen molar-refractivity contribution < 1.29 is 18.3 Å². The first-order valence-corrected chi connectivity index (χ1v) is 7.03. The molecule has 3 rings (SSSR count). The molecule has 3 aromatic carbocycles. The average molecular weight is 314 g/mol. The molecule has 0 fully saturated rings. The Labute approximate surface area is 131 Å². The smallest absolute Gasteiger partial charge is 0.194 e. The van der Waals surface area contributed by atoms with Crippen molar-refractivity contribution in [2.75, 3.05) is 0 Å². The van der Waals surface area contributed by atoms with Gasteiger partial charge in [0.25, 0.3) is 0 Å². The van der Waals surface area contributed by atoms with Crippen molar-refractivity contribution in [2.24, 2.45) is 0 Å². The van der Waals surface area contributed by atoms with Crippen LogP contribution in [-0.2, 0) is 6.61 Å². The molecule has 116 valence electrons. The van der Waals surface area contributed by atoms with Crippen LogP contribution in [0.5, 0.6) is 0 Å². The molecule has 4 heteroatoms. The molecular weight excluding hydrogens is 301 g/mol. The predicted octanol–water partition coefficient (Wildman–Crippen LogP) is 4.93. The predicted molar refractivity (Wildman–Crippen MR) is 83.1 cm³/mol. The largest absolute Gasteiger partial charge is 0.392 e. The van der Waals surface area contributed by atoms with Gasteiger partial charge in [0.2, 0.25) is 0 Å². The number of aliphatic hydroxyl groups is 1. The van der Waals surface area contributed by atoms with Crippen LogP contribution in [0.25, 0.3) is 22.3 Å². The van der Waals surface area contributed by atoms with Gasteiger partial charge < -0.3 is 5.11 Å². The lowest BCUT2D eigenvalue weighted by molar-refractivity contribution is 0.282. The SMILES string of the molecule is OCc1ccc(-c2ccc(-c3cc(F)c(F)c(F)c3)cc2)cc1. The van der Waals surface area contributed by atoms with E-state index in [-0.39, 0.29) is 12.2 Å². The van der Waals surface area contributed by atoms with Crippen molar-refractivity contribution in [2.45, 2.75) is 6.61 Å². The van der Waals surface area contributed by atoms with Gasteiger partial charge in [-0.15, -0.1) is 0 Å². The first kappa shape index (κ1) is 15.3. The summed E-state index contributed by atoms with van der Waals surface area (Å²) in [6, 6.07) is 16.5. The molecule has 0 saturated carbocycles. The Bertz CT molecular complexity index is 801. The molecule has 23 heavy (non-hydrogen) atoms. The van der Waals surface area contributed by atoms with E-state index < -0.39 is 17.5 Å². The topological polar surface area (TPSA) is 20.2 Å². The Hall–Kier alpha value is -2.59. The van der Waals surface area contributed by atoms with Gasteiger partial charge in [-0.05, 0) is 39.9 Å². The number of aliphatic hydroxyl groups excluding tert-OH is 1. The van der Waals surface area contributed by atoms with Crippen molar-refractivity contribution in [3.63, 3.8) is 0 Å². The summed E-state index contributed by atoms with van der Waals surface area (Å²) in [5.41, 5.74) is 3.59. The fourth-order valence-corrected chi connectivity index (χ4v) is 2.38. The zero-order valence-electron chi connectivity index (χ0n) is 12.1. The number of hydrogen-bond donors (Lipinski definition) is 1. The molecule has 1 N–H and O–H groups in total. The standard InChI is InChI=1S/C19H13F3O/c20-17-9-16(10-18(21)19(17)22)15-7-5-14(6-8-15)13-3-1-12(11-23)2-4-13/h1-10,23H,11H2. The summed E-state index contributed by atoms with van der Waals surface area (Å²) in [5, 5.41) is 9.04. The Morgan fingerprint density at radius 2 is 1.00 bits per heavy atom. The van der Waals surface area contributed by atoms with Crippen molar-refractivity contribution in [3.8, 4) is 22.3 Å². The molecule has 0 aliphatic heterocycles. The Kier molecular flexibility index (Phi) is 4.17. The van der Waals surface area contributed by atoms with Gasteiger partial charge in [-0.3, -0.25) is 0 Å². The van der Waals surface area contributed by atoms with Gasteiger partial charge in [-0.1, -0.05) is 48.5 Å². The third-order valence-corrected chi connectivity index (χ3v) is 3.67. The molecule has 3 aromatic rings. The summed E-state index contributed by atoms with van der Waals surface area (Å²) in [5.74, 6) is -3.87. The maximum absolute atomic E-state index is 13.3. The molecule has 0 aliphatic rings. The molecule has 0 heterocycles. The van der Waals surface area contributed by atoms with Gasteiger partial charge in [-0.25, -0.2) is 13.2 Å². The lowest BCUT2D eigenvalue weighted by Gasteiger charge is -2.07. The van der Waals surface area contributed by atoms with Gasteiger partial charge in [0, 0.05) is 0 Å². The van der Waals surface area contributed by atoms with E-state index in [1.807, 2.05) is 36.4 Å². The van der Waals surface area contributed by atoms with Crippen LogP contribution < -0.4 is 0 Å². The summed E-state index contributed by atoms with van der Waals surface area (Å²) in [7, 11) is 0. The normalized spacial score (nSPS) is 10.8. The van der Waals surface area contributed by atoms with E-state index in [4.69, 9.17) is 5.11 Å². The fourth-order valence-electron chi connectivity index (χ4n) is 2.38. The molecule has 0 amide bonds. The number of rotatable bonds is 3. The van der Waals surface area contributed by atoms with E-state index in [0.717, 1.165) is 28.8 Å². The highest BCUT2D eigenvalue weighted by atomic mass is 19.2. The van der Waals surface area contributed by atoms with E-state index in [9.17, 15) is 13.2 Å². The second-order valence-electron chi connectivity index (χ2n) is 5.19. The van der Waals surface area contributed by atoms with Crippen LogP contribution in [0.15, 0.2) is 60.7 Å². The molecule has 1 nitrogen and oxygen atoms in total. The highest BCUT2D eigenvalue weighted by molar-refractivity contribution is 5.70. The minimum Gasteiger partial charge on any atom is -0.392 e. The summed E-state index contributed by atoms with van der Waals surface area (Å²) in [6.45, 7) is -0.0130. The number of benzene rings is 3. The van der Waals surface area contributed by atoms with Gasteiger partial charge in [0.1, 0.15) is 0 Å². The van der Waals surface area contributed by atoms with E-state index in [2.05, 4.69) is 0 Å². The minimum absolute atomic E-state index is 0.0130. The number of halogens is 3. The third kappa shape index (κ3) is 3.12. The van der Waals surface area contributed by atoms with E-state index in [0.29, 0.717) is 5.56 Å². The van der Waals surface area contributed by atoms with Gasteiger partial charge in [0.15, 0.2) is 17.5 Å². The molecule has 0 radical (unpaired) electrons. The van der Waals surface area contributed by atoms with Crippen molar-refractivity contribution in [1.29, 1.82) is 0 Å². The second kappa shape index (κ2) is 6.26. The van der Waals surface area contributed by atoms with Crippen molar-refractivity contribution in [3.05, 3.63) is 83.7 Å². The maximum atomic E-state index is 13.3. The highest BCUT2D eigenvalue weighted by Crippen LogP contribution is 2.27. The first-order chi connectivity index (χ1) is 11.1. The Balaban J connectivity index is 1.92. The molecule has 0 aliphatic carbocycles. The minimum atomic E-state index is -1.46. The monoisotopic (exact) mass is 314 g/mol. The van der Waals surface area contributed by atoms with Crippen LogP contribution in [0, 0.1) is 17.5 Å². The van der Waals surface area contributed by atoms with Crippen LogP contribution in [0.1, 0.15) is 5.56 Å². The average Bonchev–Trinajstić information content (AvgIpc) is 2.59. The zero-order valence-corrected chi connectivity index (χ0v) is 12.1. The van der Waals surface area contributed by atoms with Crippen LogP contribution in [0.3, 0.4) is 0 Å². The summed E-state index contributed by atoms with van der Waals surface area (Å²) < 4.78 is 39.6. The quantitative estimate of drug-likeness (QED) is 0.680. The van der Waals surface area contributed by atoms with Crippen LogP contribution in [0.2, 0.25) is 0 Å². The lowest BCUT2D eigenvalue weighted by atomic mass is 9.99. The third-order valence-electron chi connectivity index (χ3n) is 3.67. The summed E-state index contributed by atoms with van der Waals surface area (Å²) in [6.07, 6.45) is 0. The molecule has 0 atom stereocenters. The maximum Gasteiger partial charge on any atom is 0.194 e. The van der Waals surface area contributed by atoms with Crippen molar-refractivity contribution in [1.82, 2.24) is 0 Å². The molecular formula is C19H13F3O. The Morgan fingerprint density at radius 3 is 1.43 bits per heavy atom. The van der Waals surface area contributed by atoms with Crippen LogP contribution in [0.4, 0.5) is 13.2 Å².